The number of nitrogens with one attached hydrogen (secondary N) is 1. The van der Waals surface area contributed by atoms with Gasteiger partial charge >= 0.3 is 0 Å². The summed E-state index contributed by atoms with van der Waals surface area (Å²) in [6, 6.07) is 12.0. The van der Waals surface area contributed by atoms with E-state index in [0.717, 1.165) is 4.47 Å². The van der Waals surface area contributed by atoms with Gasteiger partial charge in [0.1, 0.15) is 0 Å². The van der Waals surface area contributed by atoms with Crippen molar-refractivity contribution in [3.63, 3.8) is 0 Å². The zero-order chi connectivity index (χ0) is 13.1. The van der Waals surface area contributed by atoms with Crippen LogP contribution in [0.2, 0.25) is 5.02 Å². The summed E-state index contributed by atoms with van der Waals surface area (Å²) < 4.78 is 0.921. The van der Waals surface area contributed by atoms with Crippen molar-refractivity contribution in [3.8, 4) is 0 Å². The van der Waals surface area contributed by atoms with Crippen LogP contribution in [0.1, 0.15) is 10.4 Å². The second kappa shape index (κ2) is 5.42. The molecule has 3 N–H and O–H groups in total. The third-order valence-electron chi connectivity index (χ3n) is 2.35. The number of benzene rings is 2. The predicted octanol–water partition coefficient (Wildman–Crippen LogP) is 3.94. The van der Waals surface area contributed by atoms with Gasteiger partial charge in [-0.15, -0.1) is 0 Å². The Balaban J connectivity index is 2.18. The lowest BCUT2D eigenvalue weighted by Crippen LogP contribution is -2.12. The van der Waals surface area contributed by atoms with Crippen LogP contribution in [0.25, 0.3) is 0 Å². The van der Waals surface area contributed by atoms with Crippen molar-refractivity contribution in [1.29, 1.82) is 0 Å². The quantitative estimate of drug-likeness (QED) is 0.822. The molecule has 5 heteroatoms. The van der Waals surface area contributed by atoms with Gasteiger partial charge in [0.15, 0.2) is 0 Å². The fourth-order valence-corrected chi connectivity index (χ4v) is 1.93. The average molecular weight is 326 g/mol. The third kappa shape index (κ3) is 3.03. The molecule has 2 aromatic rings. The maximum absolute atomic E-state index is 11.9. The van der Waals surface area contributed by atoms with E-state index < -0.39 is 0 Å². The van der Waals surface area contributed by atoms with Gasteiger partial charge in [-0.05, 0) is 42.5 Å². The summed E-state index contributed by atoms with van der Waals surface area (Å²) >= 11 is 9.30. The Labute approximate surface area is 118 Å². The Kier molecular flexibility index (Phi) is 3.89. The summed E-state index contributed by atoms with van der Waals surface area (Å²) in [5, 5.41) is 3.15. The van der Waals surface area contributed by atoms with Gasteiger partial charge in [0, 0.05) is 15.7 Å². The molecule has 2 rings (SSSR count). The Hall–Kier alpha value is -1.52. The normalized spacial score (nSPS) is 10.1. The number of hydrogen-bond acceptors (Lipinski definition) is 2. The molecule has 92 valence electrons. The van der Waals surface area contributed by atoms with Crippen LogP contribution in [0, 0.1) is 0 Å². The average Bonchev–Trinajstić information content (AvgIpc) is 2.33. The minimum atomic E-state index is -0.214. The molecule has 0 fully saturated rings. The van der Waals surface area contributed by atoms with Crippen LogP contribution in [0.15, 0.2) is 46.9 Å². The first kappa shape index (κ1) is 12.9. The number of halogens is 2. The van der Waals surface area contributed by atoms with E-state index in [1.165, 1.54) is 0 Å². The standard InChI is InChI=1S/C13H10BrClN2O/c14-9-3-1-8(2-4-9)13(18)17-12-6-5-10(16)7-11(12)15/h1-7H,16H2,(H,17,18). The molecule has 0 spiro atoms. The molecule has 0 aliphatic heterocycles. The number of carbonyl (C=O) groups excluding carboxylic acids is 1. The Bertz CT molecular complexity index is 584. The SMILES string of the molecule is Nc1ccc(NC(=O)c2ccc(Br)cc2)c(Cl)c1. The van der Waals surface area contributed by atoms with Crippen molar-refractivity contribution in [3.05, 3.63) is 57.5 Å². The van der Waals surface area contributed by atoms with Gasteiger partial charge in [-0.2, -0.15) is 0 Å². The molecule has 2 aromatic carbocycles. The smallest absolute Gasteiger partial charge is 0.255 e. The zero-order valence-corrected chi connectivity index (χ0v) is 11.6. The minimum Gasteiger partial charge on any atom is -0.399 e. The summed E-state index contributed by atoms with van der Waals surface area (Å²) in [7, 11) is 0. The van der Waals surface area contributed by atoms with Crippen LogP contribution in [-0.4, -0.2) is 5.91 Å². The van der Waals surface area contributed by atoms with E-state index in [4.69, 9.17) is 17.3 Å². The highest BCUT2D eigenvalue weighted by atomic mass is 79.9. The second-order valence-electron chi connectivity index (χ2n) is 3.70. The van der Waals surface area contributed by atoms with E-state index in [0.29, 0.717) is 22.0 Å². The molecule has 0 aromatic heterocycles. The summed E-state index contributed by atoms with van der Waals surface area (Å²) in [6.45, 7) is 0. The fourth-order valence-electron chi connectivity index (χ4n) is 1.43. The summed E-state index contributed by atoms with van der Waals surface area (Å²) in [5.74, 6) is -0.214. The molecule has 0 aliphatic carbocycles. The van der Waals surface area contributed by atoms with Gasteiger partial charge in [0.2, 0.25) is 0 Å². The maximum atomic E-state index is 11.9. The van der Waals surface area contributed by atoms with Crippen LogP contribution >= 0.6 is 27.5 Å². The van der Waals surface area contributed by atoms with E-state index in [2.05, 4.69) is 21.2 Å². The van der Waals surface area contributed by atoms with Gasteiger partial charge in [0.25, 0.3) is 5.91 Å². The molecule has 18 heavy (non-hydrogen) atoms. The van der Waals surface area contributed by atoms with Crippen molar-refractivity contribution in [2.75, 3.05) is 11.1 Å². The number of nitrogen functional groups attached to an aromatic ring is 1. The molecule has 3 nitrogen and oxygen atoms in total. The second-order valence-corrected chi connectivity index (χ2v) is 5.02. The number of rotatable bonds is 2. The van der Waals surface area contributed by atoms with Crippen molar-refractivity contribution < 1.29 is 4.79 Å². The lowest BCUT2D eigenvalue weighted by molar-refractivity contribution is 0.102. The van der Waals surface area contributed by atoms with Gasteiger partial charge in [-0.25, -0.2) is 0 Å². The molecule has 0 saturated carbocycles. The van der Waals surface area contributed by atoms with E-state index >= 15 is 0 Å². The van der Waals surface area contributed by atoms with E-state index in [1.54, 1.807) is 42.5 Å². The molecule has 0 unspecified atom stereocenters. The number of anilines is 2. The molecule has 0 atom stereocenters. The predicted molar refractivity (Wildman–Crippen MR) is 78.0 cm³/mol. The van der Waals surface area contributed by atoms with Gasteiger partial charge < -0.3 is 11.1 Å². The monoisotopic (exact) mass is 324 g/mol. The van der Waals surface area contributed by atoms with Crippen LogP contribution < -0.4 is 11.1 Å². The number of nitrogens with two attached hydrogens (primary N) is 1. The minimum absolute atomic E-state index is 0.214. The van der Waals surface area contributed by atoms with Gasteiger partial charge in [-0.1, -0.05) is 27.5 Å². The highest BCUT2D eigenvalue weighted by Crippen LogP contribution is 2.24. The molecule has 0 radical (unpaired) electrons. The number of amides is 1. The summed E-state index contributed by atoms with van der Waals surface area (Å²) in [4.78, 5) is 11.9. The number of hydrogen-bond donors (Lipinski definition) is 2. The van der Waals surface area contributed by atoms with E-state index in [-0.39, 0.29) is 5.91 Å². The van der Waals surface area contributed by atoms with Gasteiger partial charge in [0.05, 0.1) is 10.7 Å². The van der Waals surface area contributed by atoms with Gasteiger partial charge in [-0.3, -0.25) is 4.79 Å². The van der Waals surface area contributed by atoms with Crippen molar-refractivity contribution in [2.45, 2.75) is 0 Å². The molecular weight excluding hydrogens is 316 g/mol. The van der Waals surface area contributed by atoms with Crippen molar-refractivity contribution >= 4 is 44.8 Å². The molecule has 0 saturated heterocycles. The first-order chi connectivity index (χ1) is 8.56. The van der Waals surface area contributed by atoms with Crippen molar-refractivity contribution in [2.24, 2.45) is 0 Å². The van der Waals surface area contributed by atoms with Crippen LogP contribution in [-0.2, 0) is 0 Å². The third-order valence-corrected chi connectivity index (χ3v) is 3.19. The maximum Gasteiger partial charge on any atom is 0.255 e. The van der Waals surface area contributed by atoms with Crippen LogP contribution in [0.4, 0.5) is 11.4 Å². The highest BCUT2D eigenvalue weighted by Gasteiger charge is 2.08. The molecule has 0 heterocycles. The number of carbonyl (C=O) groups is 1. The Morgan fingerprint density at radius 1 is 1.17 bits per heavy atom. The molecule has 0 aliphatic rings. The fraction of sp³-hybridized carbons (Fsp3) is 0. The first-order valence-corrected chi connectivity index (χ1v) is 6.35. The summed E-state index contributed by atoms with van der Waals surface area (Å²) in [5.41, 5.74) is 7.24. The highest BCUT2D eigenvalue weighted by molar-refractivity contribution is 9.10. The first-order valence-electron chi connectivity index (χ1n) is 5.18. The lowest BCUT2D eigenvalue weighted by atomic mass is 10.2. The van der Waals surface area contributed by atoms with Crippen molar-refractivity contribution in [1.82, 2.24) is 0 Å². The largest absolute Gasteiger partial charge is 0.399 e. The lowest BCUT2D eigenvalue weighted by Gasteiger charge is -2.07. The molecular formula is C13H10BrClN2O. The molecule has 0 bridgehead atoms. The van der Waals surface area contributed by atoms with E-state index in [1.807, 2.05) is 0 Å². The van der Waals surface area contributed by atoms with Crippen LogP contribution in [0.5, 0.6) is 0 Å². The topological polar surface area (TPSA) is 55.1 Å². The molecule has 1 amide bonds. The Morgan fingerprint density at radius 2 is 1.83 bits per heavy atom. The van der Waals surface area contributed by atoms with E-state index in [9.17, 15) is 4.79 Å². The Morgan fingerprint density at radius 3 is 2.44 bits per heavy atom. The zero-order valence-electron chi connectivity index (χ0n) is 9.28. The summed E-state index contributed by atoms with van der Waals surface area (Å²) in [6.07, 6.45) is 0. The van der Waals surface area contributed by atoms with Crippen LogP contribution in [0.3, 0.4) is 0 Å².